The fourth-order valence-corrected chi connectivity index (χ4v) is 3.94. The number of nitrogens with one attached hydrogen (secondary N) is 1. The number of carbonyl (C=O) groups is 1. The number of urea groups is 1. The third kappa shape index (κ3) is 3.29. The molecule has 1 aliphatic rings. The summed E-state index contributed by atoms with van der Waals surface area (Å²) in [6.45, 7) is 0.965. The minimum absolute atomic E-state index is 0.0363. The van der Waals surface area contributed by atoms with Crippen LogP contribution in [0.25, 0.3) is 22.7 Å². The molecule has 1 N–H and O–H groups in total. The highest BCUT2D eigenvalue weighted by Gasteiger charge is 2.31. The summed E-state index contributed by atoms with van der Waals surface area (Å²) in [4.78, 5) is 23.5. The summed E-state index contributed by atoms with van der Waals surface area (Å²) in [6.07, 6.45) is 4.03. The molecule has 4 heterocycles. The summed E-state index contributed by atoms with van der Waals surface area (Å²) in [5.74, 6) is 0.736. The van der Waals surface area contributed by atoms with Gasteiger partial charge in [0.1, 0.15) is 11.3 Å². The molecule has 1 saturated heterocycles. The Morgan fingerprint density at radius 3 is 2.97 bits per heavy atom. The lowest BCUT2D eigenvalue weighted by molar-refractivity contribution is 0.221. The van der Waals surface area contributed by atoms with Crippen molar-refractivity contribution in [2.45, 2.75) is 12.5 Å². The molecule has 2 amide bonds. The molecular weight excluding hydrogens is 409 g/mol. The number of likely N-dealkylation sites (tertiary alicyclic amines) is 1. The van der Waals surface area contributed by atoms with Crippen molar-refractivity contribution in [1.29, 1.82) is 0 Å². The summed E-state index contributed by atoms with van der Waals surface area (Å²) in [6, 6.07) is 11.1. The predicted molar refractivity (Wildman–Crippen MR) is 111 cm³/mol. The summed E-state index contributed by atoms with van der Waals surface area (Å²) in [5, 5.41) is 2.89. The van der Waals surface area contributed by atoms with Gasteiger partial charge in [-0.15, -0.1) is 0 Å². The van der Waals surface area contributed by atoms with Crippen molar-refractivity contribution in [3.63, 3.8) is 0 Å². The highest BCUT2D eigenvalue weighted by molar-refractivity contribution is 6.30. The van der Waals surface area contributed by atoms with Crippen LogP contribution in [0.1, 0.15) is 12.5 Å². The minimum Gasteiger partial charge on any atom is -0.461 e. The van der Waals surface area contributed by atoms with Crippen molar-refractivity contribution < 1.29 is 13.6 Å². The number of anilines is 1. The number of pyridine rings is 1. The van der Waals surface area contributed by atoms with Gasteiger partial charge in [0.25, 0.3) is 0 Å². The van der Waals surface area contributed by atoms with Crippen molar-refractivity contribution >= 4 is 34.5 Å². The van der Waals surface area contributed by atoms with E-state index in [0.29, 0.717) is 31.1 Å². The molecule has 3 aromatic heterocycles. The van der Waals surface area contributed by atoms with Gasteiger partial charge in [-0.2, -0.15) is 0 Å². The average Bonchev–Trinajstić information content (AvgIpc) is 3.48. The molecule has 0 spiro atoms. The van der Waals surface area contributed by atoms with Gasteiger partial charge in [-0.05, 0) is 48.9 Å². The van der Waals surface area contributed by atoms with Crippen LogP contribution < -0.4 is 5.32 Å². The standard InChI is InChI=1S/C21H17ClFN5O2/c22-13-5-6-16(15(23)11-13)26-21(29)27-9-7-14(12-27)28-19-17(3-1-8-24-19)25-20(28)18-4-2-10-30-18/h1-6,8,10-11,14H,7,9,12H2,(H,26,29)/t14-/m1/s1. The summed E-state index contributed by atoms with van der Waals surface area (Å²) in [5.41, 5.74) is 1.59. The third-order valence-electron chi connectivity index (χ3n) is 5.18. The fraction of sp³-hybridized carbons (Fsp3) is 0.190. The average molecular weight is 426 g/mol. The van der Waals surface area contributed by atoms with Crippen molar-refractivity contribution in [3.8, 4) is 11.6 Å². The summed E-state index contributed by atoms with van der Waals surface area (Å²) >= 11 is 5.78. The first-order valence-electron chi connectivity index (χ1n) is 9.48. The Kier molecular flexibility index (Phi) is 4.63. The van der Waals surface area contributed by atoms with Crippen molar-refractivity contribution in [2.75, 3.05) is 18.4 Å². The van der Waals surface area contributed by atoms with Gasteiger partial charge in [-0.25, -0.2) is 19.2 Å². The van der Waals surface area contributed by atoms with Crippen LogP contribution in [0.4, 0.5) is 14.9 Å². The highest BCUT2D eigenvalue weighted by Crippen LogP contribution is 2.32. The van der Waals surface area contributed by atoms with Gasteiger partial charge < -0.3 is 19.2 Å². The zero-order valence-corrected chi connectivity index (χ0v) is 16.5. The molecular formula is C21H17ClFN5O2. The maximum atomic E-state index is 14.0. The third-order valence-corrected chi connectivity index (χ3v) is 5.41. The van der Waals surface area contributed by atoms with Crippen LogP contribution >= 0.6 is 11.6 Å². The number of carbonyl (C=O) groups excluding carboxylic acids is 1. The van der Waals surface area contributed by atoms with Crippen LogP contribution in [0.2, 0.25) is 5.02 Å². The molecule has 9 heteroatoms. The Bertz CT molecular complexity index is 1220. The second-order valence-electron chi connectivity index (χ2n) is 7.07. The number of hydrogen-bond donors (Lipinski definition) is 1. The van der Waals surface area contributed by atoms with Crippen molar-refractivity contribution in [3.05, 3.63) is 65.8 Å². The van der Waals surface area contributed by atoms with Crippen molar-refractivity contribution in [1.82, 2.24) is 19.4 Å². The van der Waals surface area contributed by atoms with E-state index in [2.05, 4.69) is 15.3 Å². The molecule has 0 unspecified atom stereocenters. The molecule has 30 heavy (non-hydrogen) atoms. The number of hydrogen-bond acceptors (Lipinski definition) is 4. The molecule has 0 aliphatic carbocycles. The molecule has 0 bridgehead atoms. The van der Waals surface area contributed by atoms with E-state index in [9.17, 15) is 9.18 Å². The molecule has 7 nitrogen and oxygen atoms in total. The van der Waals surface area contributed by atoms with E-state index in [4.69, 9.17) is 16.0 Å². The lowest BCUT2D eigenvalue weighted by Gasteiger charge is -2.19. The zero-order valence-electron chi connectivity index (χ0n) is 15.8. The van der Waals surface area contributed by atoms with Crippen LogP contribution in [-0.2, 0) is 0 Å². The number of halogens is 2. The number of benzene rings is 1. The fourth-order valence-electron chi connectivity index (χ4n) is 3.78. The SMILES string of the molecule is O=C(Nc1ccc(Cl)cc1F)N1CC[C@@H](n2c(-c3ccco3)nc3cccnc32)C1. The van der Waals surface area contributed by atoms with E-state index in [-0.39, 0.29) is 22.8 Å². The molecule has 5 rings (SSSR count). The smallest absolute Gasteiger partial charge is 0.321 e. The van der Waals surface area contributed by atoms with Crippen molar-refractivity contribution in [2.24, 2.45) is 0 Å². The number of aromatic nitrogens is 3. The van der Waals surface area contributed by atoms with Gasteiger partial charge in [-0.1, -0.05) is 11.6 Å². The second kappa shape index (κ2) is 7.46. The van der Waals surface area contributed by atoms with Gasteiger partial charge in [0, 0.05) is 24.3 Å². The van der Waals surface area contributed by atoms with E-state index in [1.165, 1.54) is 18.2 Å². The van der Waals surface area contributed by atoms with Crippen LogP contribution in [0.15, 0.2) is 59.3 Å². The Morgan fingerprint density at radius 1 is 1.27 bits per heavy atom. The lowest BCUT2D eigenvalue weighted by Crippen LogP contribution is -2.33. The first-order valence-corrected chi connectivity index (χ1v) is 9.86. The molecule has 1 aliphatic heterocycles. The number of fused-ring (bicyclic) bond motifs is 1. The molecule has 1 fully saturated rings. The van der Waals surface area contributed by atoms with Gasteiger partial charge in [-0.3, -0.25) is 0 Å². The number of rotatable bonds is 3. The number of nitrogens with zero attached hydrogens (tertiary/aromatic N) is 4. The Labute approximate surface area is 176 Å². The van der Waals surface area contributed by atoms with E-state index in [1.54, 1.807) is 17.4 Å². The molecule has 0 saturated carbocycles. The maximum Gasteiger partial charge on any atom is 0.321 e. The largest absolute Gasteiger partial charge is 0.461 e. The number of furan rings is 1. The van der Waals surface area contributed by atoms with Crippen LogP contribution in [0.3, 0.4) is 0 Å². The zero-order chi connectivity index (χ0) is 20.7. The van der Waals surface area contributed by atoms with Gasteiger partial charge in [0.15, 0.2) is 17.2 Å². The Hall–Kier alpha value is -3.39. The quantitative estimate of drug-likeness (QED) is 0.503. The van der Waals surface area contributed by atoms with Gasteiger partial charge >= 0.3 is 6.03 Å². The molecule has 1 aromatic carbocycles. The van der Waals surface area contributed by atoms with Crippen LogP contribution in [-0.4, -0.2) is 38.6 Å². The summed E-state index contributed by atoms with van der Waals surface area (Å²) in [7, 11) is 0. The minimum atomic E-state index is -0.573. The predicted octanol–water partition coefficient (Wildman–Crippen LogP) is 4.96. The molecule has 152 valence electrons. The van der Waals surface area contributed by atoms with Gasteiger partial charge in [0.05, 0.1) is 18.0 Å². The Morgan fingerprint density at radius 2 is 2.17 bits per heavy atom. The molecule has 0 radical (unpaired) electrons. The Balaban J connectivity index is 1.41. The van der Waals surface area contributed by atoms with Crippen LogP contribution in [0.5, 0.6) is 0 Å². The first kappa shape index (κ1) is 18.6. The normalized spacial score (nSPS) is 16.3. The van der Waals surface area contributed by atoms with E-state index < -0.39 is 5.82 Å². The molecule has 4 aromatic rings. The first-order chi connectivity index (χ1) is 14.6. The van der Waals surface area contributed by atoms with E-state index >= 15 is 0 Å². The number of amides is 2. The van der Waals surface area contributed by atoms with E-state index in [0.717, 1.165) is 11.2 Å². The monoisotopic (exact) mass is 425 g/mol. The highest BCUT2D eigenvalue weighted by atomic mass is 35.5. The topological polar surface area (TPSA) is 76.2 Å². The molecule has 1 atom stereocenters. The lowest BCUT2D eigenvalue weighted by atomic mass is 10.2. The maximum absolute atomic E-state index is 14.0. The summed E-state index contributed by atoms with van der Waals surface area (Å²) < 4.78 is 21.6. The second-order valence-corrected chi connectivity index (χ2v) is 7.51. The number of imidazole rings is 1. The van der Waals surface area contributed by atoms with E-state index in [1.807, 2.05) is 28.8 Å². The van der Waals surface area contributed by atoms with Crippen LogP contribution in [0, 0.1) is 5.82 Å². The van der Waals surface area contributed by atoms with Gasteiger partial charge in [0.2, 0.25) is 0 Å².